The highest BCUT2D eigenvalue weighted by atomic mass is 16.4. The van der Waals surface area contributed by atoms with Gasteiger partial charge in [0.1, 0.15) is 6.29 Å². The van der Waals surface area contributed by atoms with E-state index in [0.29, 0.717) is 11.1 Å². The van der Waals surface area contributed by atoms with Gasteiger partial charge in [0.15, 0.2) is 0 Å². The number of carboxylic acid groups (broad SMARTS) is 1. The summed E-state index contributed by atoms with van der Waals surface area (Å²) < 4.78 is 0. The summed E-state index contributed by atoms with van der Waals surface area (Å²) in [6.07, 6.45) is 0.752. The van der Waals surface area contributed by atoms with E-state index in [4.69, 9.17) is 0 Å². The van der Waals surface area contributed by atoms with E-state index in [1.807, 2.05) is 19.1 Å². The first-order valence-corrected chi connectivity index (χ1v) is 5.52. The minimum absolute atomic E-state index is 0.248. The molecular formula is C15H12O3. The Morgan fingerprint density at radius 2 is 1.89 bits per heavy atom. The van der Waals surface area contributed by atoms with Crippen molar-refractivity contribution >= 4 is 12.3 Å². The van der Waals surface area contributed by atoms with Crippen molar-refractivity contribution in [2.75, 3.05) is 0 Å². The molecule has 90 valence electrons. The van der Waals surface area contributed by atoms with E-state index in [0.717, 1.165) is 17.4 Å². The molecule has 2 rings (SSSR count). The predicted octanol–water partition coefficient (Wildman–Crippen LogP) is 3.17. The monoisotopic (exact) mass is 240 g/mol. The zero-order valence-electron chi connectivity index (χ0n) is 9.88. The lowest BCUT2D eigenvalue weighted by molar-refractivity contribution is 0.0697. The quantitative estimate of drug-likeness (QED) is 0.838. The van der Waals surface area contributed by atoms with Gasteiger partial charge in [-0.25, -0.2) is 4.79 Å². The third kappa shape index (κ3) is 2.15. The fourth-order valence-electron chi connectivity index (χ4n) is 2.00. The van der Waals surface area contributed by atoms with Crippen LogP contribution in [-0.4, -0.2) is 17.4 Å². The molecule has 0 aliphatic rings. The minimum atomic E-state index is -0.967. The number of aldehydes is 1. The van der Waals surface area contributed by atoms with Gasteiger partial charge in [0.25, 0.3) is 0 Å². The van der Waals surface area contributed by atoms with Crippen LogP contribution in [-0.2, 0) is 0 Å². The fourth-order valence-corrected chi connectivity index (χ4v) is 2.00. The van der Waals surface area contributed by atoms with Gasteiger partial charge in [0, 0.05) is 5.56 Å². The topological polar surface area (TPSA) is 54.4 Å². The highest BCUT2D eigenvalue weighted by Crippen LogP contribution is 2.28. The van der Waals surface area contributed by atoms with Gasteiger partial charge >= 0.3 is 5.97 Å². The first-order chi connectivity index (χ1) is 8.63. The molecule has 0 aliphatic carbocycles. The molecule has 2 aromatic rings. The summed E-state index contributed by atoms with van der Waals surface area (Å²) in [4.78, 5) is 22.0. The Morgan fingerprint density at radius 3 is 2.56 bits per heavy atom. The Hall–Kier alpha value is -2.42. The molecule has 2 aromatic carbocycles. The molecule has 3 nitrogen and oxygen atoms in total. The predicted molar refractivity (Wildman–Crippen MR) is 69.0 cm³/mol. The Morgan fingerprint density at radius 1 is 1.17 bits per heavy atom. The second-order valence-electron chi connectivity index (χ2n) is 4.05. The second-order valence-corrected chi connectivity index (χ2v) is 4.05. The molecule has 0 bridgehead atoms. The van der Waals surface area contributed by atoms with Crippen LogP contribution in [0.3, 0.4) is 0 Å². The third-order valence-corrected chi connectivity index (χ3v) is 2.81. The van der Waals surface area contributed by atoms with Crippen molar-refractivity contribution < 1.29 is 14.7 Å². The molecule has 0 heterocycles. The van der Waals surface area contributed by atoms with E-state index >= 15 is 0 Å². The summed E-state index contributed by atoms with van der Waals surface area (Å²) in [5, 5.41) is 9.21. The fraction of sp³-hybridized carbons (Fsp3) is 0.0667. The molecule has 0 saturated carbocycles. The Bertz CT molecular complexity index is 615. The van der Waals surface area contributed by atoms with Crippen molar-refractivity contribution in [2.24, 2.45) is 0 Å². The summed E-state index contributed by atoms with van der Waals surface area (Å²) in [5.41, 5.74) is 3.06. The highest BCUT2D eigenvalue weighted by molar-refractivity contribution is 5.97. The smallest absolute Gasteiger partial charge is 0.336 e. The second kappa shape index (κ2) is 4.84. The SMILES string of the molecule is Cc1cccc(C(=O)O)c1-c1cccc(C=O)c1. The van der Waals surface area contributed by atoms with Crippen LogP contribution < -0.4 is 0 Å². The standard InChI is InChI=1S/C15H12O3/c1-10-4-2-7-13(15(17)18)14(10)12-6-3-5-11(8-12)9-16/h2-9H,1H3,(H,17,18). The summed E-state index contributed by atoms with van der Waals surface area (Å²) in [6, 6.07) is 12.1. The molecule has 0 unspecified atom stereocenters. The summed E-state index contributed by atoms with van der Waals surface area (Å²) in [6.45, 7) is 1.86. The van der Waals surface area contributed by atoms with E-state index < -0.39 is 5.97 Å². The van der Waals surface area contributed by atoms with Crippen LogP contribution in [0.2, 0.25) is 0 Å². The lowest BCUT2D eigenvalue weighted by atomic mass is 9.94. The molecule has 0 aromatic heterocycles. The lowest BCUT2D eigenvalue weighted by Crippen LogP contribution is -2.01. The molecule has 18 heavy (non-hydrogen) atoms. The first-order valence-electron chi connectivity index (χ1n) is 5.52. The van der Waals surface area contributed by atoms with E-state index in [9.17, 15) is 14.7 Å². The molecule has 0 spiro atoms. The van der Waals surface area contributed by atoms with Crippen LogP contribution in [0.4, 0.5) is 0 Å². The van der Waals surface area contributed by atoms with Crippen molar-refractivity contribution in [2.45, 2.75) is 6.92 Å². The van der Waals surface area contributed by atoms with E-state index in [-0.39, 0.29) is 5.56 Å². The minimum Gasteiger partial charge on any atom is -0.478 e. The number of hydrogen-bond donors (Lipinski definition) is 1. The highest BCUT2D eigenvalue weighted by Gasteiger charge is 2.13. The number of carbonyl (C=O) groups excluding carboxylic acids is 1. The van der Waals surface area contributed by atoms with Gasteiger partial charge in [0.05, 0.1) is 5.56 Å². The van der Waals surface area contributed by atoms with Crippen LogP contribution in [0.15, 0.2) is 42.5 Å². The van der Waals surface area contributed by atoms with Gasteiger partial charge < -0.3 is 5.11 Å². The number of hydrogen-bond acceptors (Lipinski definition) is 2. The van der Waals surface area contributed by atoms with Crippen molar-refractivity contribution in [3.05, 3.63) is 59.2 Å². The molecule has 1 N–H and O–H groups in total. The molecule has 0 amide bonds. The number of carbonyl (C=O) groups is 2. The molecular weight excluding hydrogens is 228 g/mol. The largest absolute Gasteiger partial charge is 0.478 e. The van der Waals surface area contributed by atoms with Gasteiger partial charge in [-0.15, -0.1) is 0 Å². The van der Waals surface area contributed by atoms with E-state index in [2.05, 4.69) is 0 Å². The average molecular weight is 240 g/mol. The van der Waals surface area contributed by atoms with Gasteiger partial charge in [-0.3, -0.25) is 4.79 Å². The molecule has 0 fully saturated rings. The number of benzene rings is 2. The van der Waals surface area contributed by atoms with Crippen molar-refractivity contribution in [3.8, 4) is 11.1 Å². The Kier molecular flexibility index (Phi) is 3.24. The van der Waals surface area contributed by atoms with Crippen LogP contribution in [0, 0.1) is 6.92 Å². The maximum atomic E-state index is 11.2. The summed E-state index contributed by atoms with van der Waals surface area (Å²) in [7, 11) is 0. The molecule has 0 saturated heterocycles. The molecule has 0 atom stereocenters. The Labute approximate surface area is 105 Å². The average Bonchev–Trinajstić information content (AvgIpc) is 2.38. The van der Waals surface area contributed by atoms with Crippen molar-refractivity contribution in [1.29, 1.82) is 0 Å². The van der Waals surface area contributed by atoms with Crippen LogP contribution >= 0.6 is 0 Å². The van der Waals surface area contributed by atoms with Gasteiger partial charge in [-0.05, 0) is 35.7 Å². The number of aryl methyl sites for hydroxylation is 1. The zero-order valence-corrected chi connectivity index (χ0v) is 9.88. The van der Waals surface area contributed by atoms with Crippen molar-refractivity contribution in [3.63, 3.8) is 0 Å². The number of carboxylic acids is 1. The zero-order chi connectivity index (χ0) is 13.1. The molecule has 0 radical (unpaired) electrons. The van der Waals surface area contributed by atoms with Crippen LogP contribution in [0.5, 0.6) is 0 Å². The van der Waals surface area contributed by atoms with E-state index in [1.165, 1.54) is 0 Å². The lowest BCUT2D eigenvalue weighted by Gasteiger charge is -2.10. The van der Waals surface area contributed by atoms with Crippen LogP contribution in [0.25, 0.3) is 11.1 Å². The third-order valence-electron chi connectivity index (χ3n) is 2.81. The molecule has 0 aliphatic heterocycles. The van der Waals surface area contributed by atoms with Gasteiger partial charge in [-0.1, -0.05) is 30.3 Å². The van der Waals surface area contributed by atoms with Gasteiger partial charge in [0.2, 0.25) is 0 Å². The summed E-state index contributed by atoms with van der Waals surface area (Å²) >= 11 is 0. The summed E-state index contributed by atoms with van der Waals surface area (Å²) in [5.74, 6) is -0.967. The normalized spacial score (nSPS) is 10.1. The number of rotatable bonds is 3. The maximum Gasteiger partial charge on any atom is 0.336 e. The maximum absolute atomic E-state index is 11.2. The van der Waals surface area contributed by atoms with Crippen molar-refractivity contribution in [1.82, 2.24) is 0 Å². The Balaban J connectivity index is 2.69. The van der Waals surface area contributed by atoms with E-state index in [1.54, 1.807) is 30.3 Å². The van der Waals surface area contributed by atoms with Gasteiger partial charge in [-0.2, -0.15) is 0 Å². The van der Waals surface area contributed by atoms with Crippen LogP contribution in [0.1, 0.15) is 26.3 Å². The first kappa shape index (κ1) is 12.0. The number of aromatic carboxylic acids is 1. The molecule has 3 heteroatoms.